The summed E-state index contributed by atoms with van der Waals surface area (Å²) >= 11 is 1.69. The fraction of sp³-hybridized carbons (Fsp3) is 0.812. The van der Waals surface area contributed by atoms with Gasteiger partial charge in [0.25, 0.3) is 0 Å². The van der Waals surface area contributed by atoms with Crippen molar-refractivity contribution in [1.29, 1.82) is 0 Å². The molecular weight excluding hydrogens is 284 g/mol. The molecule has 0 bridgehead atoms. The van der Waals surface area contributed by atoms with Crippen LogP contribution in [0.2, 0.25) is 0 Å². The maximum atomic E-state index is 6.14. The zero-order valence-electron chi connectivity index (χ0n) is 12.7. The van der Waals surface area contributed by atoms with E-state index in [0.717, 1.165) is 36.3 Å². The van der Waals surface area contributed by atoms with Crippen molar-refractivity contribution in [1.82, 2.24) is 9.88 Å². The van der Waals surface area contributed by atoms with Gasteiger partial charge in [0.2, 0.25) is 0 Å². The Kier molecular flexibility index (Phi) is 4.00. The number of rotatable bonds is 4. The van der Waals surface area contributed by atoms with Gasteiger partial charge in [-0.25, -0.2) is 4.98 Å². The highest BCUT2D eigenvalue weighted by Gasteiger charge is 2.46. The van der Waals surface area contributed by atoms with Crippen LogP contribution in [0.25, 0.3) is 0 Å². The predicted molar refractivity (Wildman–Crippen MR) is 82.5 cm³/mol. The van der Waals surface area contributed by atoms with Gasteiger partial charge in [-0.2, -0.15) is 0 Å². The van der Waals surface area contributed by atoms with Gasteiger partial charge in [-0.05, 0) is 32.6 Å². The van der Waals surface area contributed by atoms with E-state index in [4.69, 9.17) is 9.47 Å². The van der Waals surface area contributed by atoms with E-state index < -0.39 is 0 Å². The Morgan fingerprint density at radius 2 is 2.29 bits per heavy atom. The van der Waals surface area contributed by atoms with Crippen LogP contribution in [0.4, 0.5) is 0 Å². The van der Waals surface area contributed by atoms with Gasteiger partial charge in [-0.15, -0.1) is 11.3 Å². The van der Waals surface area contributed by atoms with E-state index in [0.29, 0.717) is 12.6 Å². The highest BCUT2D eigenvalue weighted by atomic mass is 32.1. The fourth-order valence-electron chi connectivity index (χ4n) is 3.96. The van der Waals surface area contributed by atoms with Crippen molar-refractivity contribution in [2.75, 3.05) is 13.2 Å². The lowest BCUT2D eigenvalue weighted by molar-refractivity contribution is -0.131. The lowest BCUT2D eigenvalue weighted by Gasteiger charge is -2.46. The van der Waals surface area contributed by atoms with Crippen LogP contribution < -0.4 is 0 Å². The normalized spacial score (nSPS) is 33.9. The summed E-state index contributed by atoms with van der Waals surface area (Å²) in [6.07, 6.45) is 7.05. The van der Waals surface area contributed by atoms with Crippen LogP contribution in [0.5, 0.6) is 0 Å². The van der Waals surface area contributed by atoms with Gasteiger partial charge < -0.3 is 9.47 Å². The second-order valence-electron chi connectivity index (χ2n) is 6.51. The number of hydrogen-bond acceptors (Lipinski definition) is 5. The molecule has 3 aliphatic rings. The quantitative estimate of drug-likeness (QED) is 0.856. The molecular formula is C16H24N2O2S. The molecule has 2 heterocycles. The summed E-state index contributed by atoms with van der Waals surface area (Å²) in [5.41, 5.74) is 1.06. The Morgan fingerprint density at radius 1 is 1.38 bits per heavy atom. The van der Waals surface area contributed by atoms with E-state index in [-0.39, 0.29) is 12.2 Å². The Labute approximate surface area is 130 Å². The van der Waals surface area contributed by atoms with Gasteiger partial charge in [0.15, 0.2) is 0 Å². The first-order chi connectivity index (χ1) is 10.3. The molecule has 1 saturated heterocycles. The standard InChI is InChI=1S/C16H24N2O2S/c1-11-17-12(10-21-11)9-20-15-6-5-14-16(15)19-8-7-18(14)13-3-2-4-13/h10,13-16H,2-9H2,1H3/t14-,15+,16+/m0/s1. The van der Waals surface area contributed by atoms with Crippen molar-refractivity contribution in [3.05, 3.63) is 16.1 Å². The average molecular weight is 308 g/mol. The van der Waals surface area contributed by atoms with Crippen LogP contribution in [-0.4, -0.2) is 47.3 Å². The van der Waals surface area contributed by atoms with Gasteiger partial charge in [0.05, 0.1) is 36.1 Å². The van der Waals surface area contributed by atoms with Crippen LogP contribution in [0.15, 0.2) is 5.38 Å². The summed E-state index contributed by atoms with van der Waals surface area (Å²) in [6.45, 7) is 4.66. The molecule has 0 spiro atoms. The number of morpholine rings is 1. The molecule has 0 unspecified atom stereocenters. The summed E-state index contributed by atoms with van der Waals surface area (Å²) in [5.74, 6) is 0. The molecule has 1 aromatic rings. The molecule has 0 amide bonds. The van der Waals surface area contributed by atoms with Crippen molar-refractivity contribution >= 4 is 11.3 Å². The largest absolute Gasteiger partial charge is 0.373 e. The smallest absolute Gasteiger partial charge is 0.0992 e. The molecule has 2 saturated carbocycles. The zero-order valence-corrected chi connectivity index (χ0v) is 13.5. The Bertz CT molecular complexity index is 488. The maximum absolute atomic E-state index is 6.14. The number of ether oxygens (including phenoxy) is 2. The molecule has 4 nitrogen and oxygen atoms in total. The zero-order chi connectivity index (χ0) is 14.2. The molecule has 21 heavy (non-hydrogen) atoms. The molecule has 1 aliphatic heterocycles. The maximum Gasteiger partial charge on any atom is 0.0992 e. The highest BCUT2D eigenvalue weighted by Crippen LogP contribution is 2.37. The molecule has 5 heteroatoms. The third-order valence-electron chi connectivity index (χ3n) is 5.23. The van der Waals surface area contributed by atoms with Crippen molar-refractivity contribution in [3.63, 3.8) is 0 Å². The van der Waals surface area contributed by atoms with Crippen molar-refractivity contribution < 1.29 is 9.47 Å². The van der Waals surface area contributed by atoms with E-state index in [1.807, 2.05) is 6.92 Å². The molecule has 0 aromatic carbocycles. The monoisotopic (exact) mass is 308 g/mol. The number of hydrogen-bond donors (Lipinski definition) is 0. The Hall–Kier alpha value is -0.490. The third-order valence-corrected chi connectivity index (χ3v) is 6.06. The molecule has 0 radical (unpaired) electrons. The lowest BCUT2D eigenvalue weighted by Crippen LogP contribution is -2.56. The SMILES string of the molecule is Cc1nc(CO[C@@H]2CC[C@H]3[C@H]2OCCN3C2CCC2)cs1. The molecule has 3 atom stereocenters. The summed E-state index contributed by atoms with van der Waals surface area (Å²) in [7, 11) is 0. The summed E-state index contributed by atoms with van der Waals surface area (Å²) in [4.78, 5) is 7.20. The number of nitrogens with zero attached hydrogens (tertiary/aromatic N) is 2. The predicted octanol–water partition coefficient (Wildman–Crippen LogP) is 2.75. The van der Waals surface area contributed by atoms with Gasteiger partial charge in [-0.1, -0.05) is 6.42 Å². The summed E-state index contributed by atoms with van der Waals surface area (Å²) in [5, 5.41) is 3.22. The molecule has 116 valence electrons. The minimum atomic E-state index is 0.250. The minimum Gasteiger partial charge on any atom is -0.373 e. The van der Waals surface area contributed by atoms with Crippen molar-refractivity contribution in [2.45, 2.75) is 69.9 Å². The van der Waals surface area contributed by atoms with E-state index in [9.17, 15) is 0 Å². The first-order valence-corrected chi connectivity index (χ1v) is 9.09. The number of aryl methyl sites for hydroxylation is 1. The van der Waals surface area contributed by atoms with E-state index in [2.05, 4.69) is 15.3 Å². The summed E-state index contributed by atoms with van der Waals surface area (Å²) < 4.78 is 12.2. The highest BCUT2D eigenvalue weighted by molar-refractivity contribution is 7.09. The Balaban J connectivity index is 1.37. The number of fused-ring (bicyclic) bond motifs is 1. The van der Waals surface area contributed by atoms with Crippen LogP contribution in [-0.2, 0) is 16.1 Å². The van der Waals surface area contributed by atoms with Crippen molar-refractivity contribution in [3.8, 4) is 0 Å². The summed E-state index contributed by atoms with van der Waals surface area (Å²) in [6, 6.07) is 1.41. The topological polar surface area (TPSA) is 34.6 Å². The van der Waals surface area contributed by atoms with Crippen LogP contribution in [0.3, 0.4) is 0 Å². The van der Waals surface area contributed by atoms with E-state index in [1.54, 1.807) is 11.3 Å². The minimum absolute atomic E-state index is 0.250. The van der Waals surface area contributed by atoms with Crippen molar-refractivity contribution in [2.24, 2.45) is 0 Å². The van der Waals surface area contributed by atoms with Crippen LogP contribution in [0, 0.1) is 6.92 Å². The first-order valence-electron chi connectivity index (χ1n) is 8.21. The molecule has 1 aromatic heterocycles. The van der Waals surface area contributed by atoms with E-state index >= 15 is 0 Å². The molecule has 2 aliphatic carbocycles. The lowest BCUT2D eigenvalue weighted by atomic mass is 9.89. The van der Waals surface area contributed by atoms with Gasteiger partial charge in [-0.3, -0.25) is 4.90 Å². The molecule has 0 N–H and O–H groups in total. The second kappa shape index (κ2) is 5.95. The molecule has 4 rings (SSSR count). The van der Waals surface area contributed by atoms with Gasteiger partial charge >= 0.3 is 0 Å². The van der Waals surface area contributed by atoms with Crippen LogP contribution in [0.1, 0.15) is 42.8 Å². The average Bonchev–Trinajstić information content (AvgIpc) is 3.01. The third kappa shape index (κ3) is 2.77. The second-order valence-corrected chi connectivity index (χ2v) is 7.57. The number of aromatic nitrogens is 1. The fourth-order valence-corrected chi connectivity index (χ4v) is 4.56. The van der Waals surface area contributed by atoms with Gasteiger partial charge in [0.1, 0.15) is 0 Å². The number of thiazole rings is 1. The molecule has 3 fully saturated rings. The van der Waals surface area contributed by atoms with E-state index in [1.165, 1.54) is 25.7 Å². The first kappa shape index (κ1) is 14.1. The van der Waals surface area contributed by atoms with Gasteiger partial charge in [0, 0.05) is 24.0 Å². The Morgan fingerprint density at radius 3 is 3.00 bits per heavy atom. The van der Waals surface area contributed by atoms with Crippen LogP contribution >= 0.6 is 11.3 Å².